The molecule has 1 saturated carbocycles. The van der Waals surface area contributed by atoms with Crippen molar-refractivity contribution >= 4 is 11.6 Å². The molecular formula is C12H16ClN. The van der Waals surface area contributed by atoms with Crippen molar-refractivity contribution in [3.8, 4) is 0 Å². The van der Waals surface area contributed by atoms with Gasteiger partial charge in [0.15, 0.2) is 0 Å². The molecule has 0 saturated heterocycles. The average molecular weight is 210 g/mol. The maximum absolute atomic E-state index is 6.37. The fourth-order valence-corrected chi connectivity index (χ4v) is 2.62. The highest BCUT2D eigenvalue weighted by atomic mass is 35.5. The van der Waals surface area contributed by atoms with Gasteiger partial charge in [-0.3, -0.25) is 0 Å². The van der Waals surface area contributed by atoms with Crippen LogP contribution in [0.25, 0.3) is 0 Å². The number of rotatable bonds is 1. The van der Waals surface area contributed by atoms with E-state index in [-0.39, 0.29) is 5.54 Å². The summed E-state index contributed by atoms with van der Waals surface area (Å²) in [5.41, 5.74) is 8.46. The van der Waals surface area contributed by atoms with Crippen molar-refractivity contribution in [2.75, 3.05) is 0 Å². The first-order valence-corrected chi connectivity index (χ1v) is 5.56. The fourth-order valence-electron chi connectivity index (χ4n) is 2.31. The molecule has 0 aliphatic heterocycles. The van der Waals surface area contributed by atoms with E-state index in [2.05, 4.69) is 6.07 Å². The third-order valence-corrected chi connectivity index (χ3v) is 3.73. The lowest BCUT2D eigenvalue weighted by Crippen LogP contribution is -2.33. The van der Waals surface area contributed by atoms with E-state index in [9.17, 15) is 0 Å². The molecule has 1 nitrogen and oxygen atoms in total. The van der Waals surface area contributed by atoms with Crippen LogP contribution in [0.4, 0.5) is 0 Å². The average Bonchev–Trinajstić information content (AvgIpc) is 2.58. The maximum atomic E-state index is 6.37. The van der Waals surface area contributed by atoms with Crippen LogP contribution in [0.2, 0.25) is 5.02 Å². The first kappa shape index (κ1) is 10.0. The predicted molar refractivity (Wildman–Crippen MR) is 60.5 cm³/mol. The summed E-state index contributed by atoms with van der Waals surface area (Å²) in [5.74, 6) is 0. The number of aryl methyl sites for hydroxylation is 1. The number of benzene rings is 1. The highest BCUT2D eigenvalue weighted by Crippen LogP contribution is 2.40. The van der Waals surface area contributed by atoms with Crippen molar-refractivity contribution < 1.29 is 0 Å². The van der Waals surface area contributed by atoms with E-state index in [1.54, 1.807) is 0 Å². The zero-order valence-corrected chi connectivity index (χ0v) is 9.27. The van der Waals surface area contributed by atoms with Crippen molar-refractivity contribution in [2.45, 2.75) is 38.1 Å². The van der Waals surface area contributed by atoms with Gasteiger partial charge in [-0.05, 0) is 30.9 Å². The van der Waals surface area contributed by atoms with Gasteiger partial charge in [-0.2, -0.15) is 0 Å². The van der Waals surface area contributed by atoms with Crippen molar-refractivity contribution in [1.82, 2.24) is 0 Å². The van der Waals surface area contributed by atoms with Crippen molar-refractivity contribution in [3.63, 3.8) is 0 Å². The predicted octanol–water partition coefficient (Wildman–Crippen LogP) is 3.38. The van der Waals surface area contributed by atoms with Gasteiger partial charge in [0, 0.05) is 10.6 Å². The standard InChI is InChI=1S/C12H16ClN/c1-9-5-4-6-10(11(9)13)12(14)7-2-3-8-12/h4-6H,2-3,7-8,14H2,1H3. The summed E-state index contributed by atoms with van der Waals surface area (Å²) in [7, 11) is 0. The molecule has 1 aliphatic rings. The Balaban J connectivity index is 2.45. The van der Waals surface area contributed by atoms with E-state index < -0.39 is 0 Å². The SMILES string of the molecule is Cc1cccc(C2(N)CCCC2)c1Cl. The quantitative estimate of drug-likeness (QED) is 0.754. The van der Waals surface area contributed by atoms with Gasteiger partial charge in [0.2, 0.25) is 0 Å². The summed E-state index contributed by atoms with van der Waals surface area (Å²) in [6, 6.07) is 6.15. The second kappa shape index (κ2) is 3.56. The third-order valence-electron chi connectivity index (χ3n) is 3.22. The normalized spacial score (nSPS) is 19.9. The topological polar surface area (TPSA) is 26.0 Å². The molecule has 76 valence electrons. The fraction of sp³-hybridized carbons (Fsp3) is 0.500. The monoisotopic (exact) mass is 209 g/mol. The Morgan fingerprint density at radius 3 is 2.57 bits per heavy atom. The Morgan fingerprint density at radius 1 is 1.29 bits per heavy atom. The Hall–Kier alpha value is -0.530. The minimum absolute atomic E-state index is 0.164. The molecule has 0 unspecified atom stereocenters. The van der Waals surface area contributed by atoms with Gasteiger partial charge in [-0.1, -0.05) is 42.6 Å². The van der Waals surface area contributed by atoms with E-state index in [1.165, 1.54) is 12.8 Å². The van der Waals surface area contributed by atoms with E-state index in [1.807, 2.05) is 19.1 Å². The molecule has 2 rings (SSSR count). The number of hydrogen-bond donors (Lipinski definition) is 1. The molecular weight excluding hydrogens is 194 g/mol. The maximum Gasteiger partial charge on any atom is 0.0485 e. The molecule has 1 aliphatic carbocycles. The van der Waals surface area contributed by atoms with Gasteiger partial charge in [0.05, 0.1) is 0 Å². The van der Waals surface area contributed by atoms with E-state index in [0.717, 1.165) is 29.0 Å². The Bertz CT molecular complexity index is 340. The van der Waals surface area contributed by atoms with E-state index >= 15 is 0 Å². The number of halogens is 1. The first-order chi connectivity index (χ1) is 6.63. The third kappa shape index (κ3) is 1.55. The lowest BCUT2D eigenvalue weighted by Gasteiger charge is -2.25. The van der Waals surface area contributed by atoms with Crippen LogP contribution in [0.3, 0.4) is 0 Å². The highest BCUT2D eigenvalue weighted by molar-refractivity contribution is 6.32. The Morgan fingerprint density at radius 2 is 1.93 bits per heavy atom. The highest BCUT2D eigenvalue weighted by Gasteiger charge is 2.32. The van der Waals surface area contributed by atoms with Crippen LogP contribution in [0.1, 0.15) is 36.8 Å². The van der Waals surface area contributed by atoms with Gasteiger partial charge in [0.1, 0.15) is 0 Å². The lowest BCUT2D eigenvalue weighted by atomic mass is 9.88. The van der Waals surface area contributed by atoms with Crippen LogP contribution in [0, 0.1) is 6.92 Å². The smallest absolute Gasteiger partial charge is 0.0485 e. The molecule has 1 aromatic rings. The van der Waals surface area contributed by atoms with Crippen LogP contribution >= 0.6 is 11.6 Å². The van der Waals surface area contributed by atoms with Crippen molar-refractivity contribution in [3.05, 3.63) is 34.3 Å². The van der Waals surface area contributed by atoms with Crippen LogP contribution in [0.15, 0.2) is 18.2 Å². The van der Waals surface area contributed by atoms with Gasteiger partial charge in [0.25, 0.3) is 0 Å². The Labute approximate surface area is 90.3 Å². The number of nitrogens with two attached hydrogens (primary N) is 1. The van der Waals surface area contributed by atoms with Crippen LogP contribution < -0.4 is 5.73 Å². The second-order valence-electron chi connectivity index (χ2n) is 4.30. The minimum Gasteiger partial charge on any atom is -0.321 e. The van der Waals surface area contributed by atoms with Crippen LogP contribution in [-0.2, 0) is 5.54 Å². The van der Waals surface area contributed by atoms with Gasteiger partial charge >= 0.3 is 0 Å². The van der Waals surface area contributed by atoms with Crippen LogP contribution in [-0.4, -0.2) is 0 Å². The lowest BCUT2D eigenvalue weighted by molar-refractivity contribution is 0.461. The molecule has 0 radical (unpaired) electrons. The second-order valence-corrected chi connectivity index (χ2v) is 4.68. The molecule has 2 heteroatoms. The first-order valence-electron chi connectivity index (χ1n) is 5.18. The minimum atomic E-state index is -0.164. The molecule has 0 bridgehead atoms. The summed E-state index contributed by atoms with van der Waals surface area (Å²) in [6.45, 7) is 2.03. The molecule has 0 aromatic heterocycles. The van der Waals surface area contributed by atoms with Gasteiger partial charge < -0.3 is 5.73 Å². The Kier molecular flexibility index (Phi) is 2.54. The summed E-state index contributed by atoms with van der Waals surface area (Å²) in [5, 5.41) is 0.858. The van der Waals surface area contributed by atoms with E-state index in [4.69, 9.17) is 17.3 Å². The molecule has 0 amide bonds. The zero-order chi connectivity index (χ0) is 10.2. The summed E-state index contributed by atoms with van der Waals surface area (Å²) in [6.07, 6.45) is 4.58. The summed E-state index contributed by atoms with van der Waals surface area (Å²) >= 11 is 6.28. The molecule has 1 fully saturated rings. The van der Waals surface area contributed by atoms with Gasteiger partial charge in [-0.15, -0.1) is 0 Å². The molecule has 0 spiro atoms. The molecule has 2 N–H and O–H groups in total. The van der Waals surface area contributed by atoms with Crippen molar-refractivity contribution in [1.29, 1.82) is 0 Å². The molecule has 0 heterocycles. The zero-order valence-electron chi connectivity index (χ0n) is 8.52. The number of hydrogen-bond acceptors (Lipinski definition) is 1. The van der Waals surface area contributed by atoms with Crippen molar-refractivity contribution in [2.24, 2.45) is 5.73 Å². The molecule has 14 heavy (non-hydrogen) atoms. The summed E-state index contributed by atoms with van der Waals surface area (Å²) < 4.78 is 0. The summed E-state index contributed by atoms with van der Waals surface area (Å²) in [4.78, 5) is 0. The van der Waals surface area contributed by atoms with Crippen LogP contribution in [0.5, 0.6) is 0 Å². The van der Waals surface area contributed by atoms with E-state index in [0.29, 0.717) is 0 Å². The molecule has 0 atom stereocenters. The molecule has 1 aromatic carbocycles. The van der Waals surface area contributed by atoms with Gasteiger partial charge in [-0.25, -0.2) is 0 Å². The largest absolute Gasteiger partial charge is 0.321 e.